The van der Waals surface area contributed by atoms with Crippen molar-refractivity contribution in [2.45, 2.75) is 25.8 Å². The SMILES string of the molecule is CNCCC1CCN(Cc2ccc(Br)cc2F)CC1. The Balaban J connectivity index is 1.82. The van der Waals surface area contributed by atoms with E-state index < -0.39 is 0 Å². The van der Waals surface area contributed by atoms with Crippen molar-refractivity contribution in [2.24, 2.45) is 5.92 Å². The molecule has 106 valence electrons. The average molecular weight is 329 g/mol. The minimum absolute atomic E-state index is 0.105. The molecule has 4 heteroatoms. The lowest BCUT2D eigenvalue weighted by Crippen LogP contribution is -2.34. The third-order valence-electron chi connectivity index (χ3n) is 3.92. The summed E-state index contributed by atoms with van der Waals surface area (Å²) in [5, 5.41) is 3.21. The van der Waals surface area contributed by atoms with Crippen molar-refractivity contribution in [3.63, 3.8) is 0 Å². The molecule has 0 aromatic heterocycles. The molecule has 0 unspecified atom stereocenters. The van der Waals surface area contributed by atoms with Crippen LogP contribution in [0.3, 0.4) is 0 Å². The minimum Gasteiger partial charge on any atom is -0.320 e. The lowest BCUT2D eigenvalue weighted by Gasteiger charge is -2.32. The van der Waals surface area contributed by atoms with Crippen molar-refractivity contribution in [1.29, 1.82) is 0 Å². The van der Waals surface area contributed by atoms with Gasteiger partial charge in [0.1, 0.15) is 5.82 Å². The summed E-state index contributed by atoms with van der Waals surface area (Å²) in [5.74, 6) is 0.727. The molecule has 1 saturated heterocycles. The van der Waals surface area contributed by atoms with E-state index in [2.05, 4.69) is 26.1 Å². The summed E-state index contributed by atoms with van der Waals surface area (Å²) in [7, 11) is 2.01. The van der Waals surface area contributed by atoms with Crippen LogP contribution in [0.1, 0.15) is 24.8 Å². The maximum absolute atomic E-state index is 13.8. The van der Waals surface area contributed by atoms with Crippen LogP contribution in [-0.2, 0) is 6.54 Å². The summed E-state index contributed by atoms with van der Waals surface area (Å²) in [5.41, 5.74) is 0.803. The zero-order valence-corrected chi connectivity index (χ0v) is 13.0. The number of piperidine rings is 1. The molecule has 0 bridgehead atoms. The number of benzene rings is 1. The molecule has 19 heavy (non-hydrogen) atoms. The minimum atomic E-state index is -0.105. The monoisotopic (exact) mass is 328 g/mol. The number of nitrogens with zero attached hydrogens (tertiary/aromatic N) is 1. The fraction of sp³-hybridized carbons (Fsp3) is 0.600. The van der Waals surface area contributed by atoms with E-state index in [-0.39, 0.29) is 5.82 Å². The van der Waals surface area contributed by atoms with E-state index in [1.54, 1.807) is 6.07 Å². The molecule has 0 aliphatic carbocycles. The van der Waals surface area contributed by atoms with E-state index >= 15 is 0 Å². The van der Waals surface area contributed by atoms with Crippen molar-refractivity contribution in [3.8, 4) is 0 Å². The van der Waals surface area contributed by atoms with Crippen LogP contribution in [0.4, 0.5) is 4.39 Å². The lowest BCUT2D eigenvalue weighted by atomic mass is 9.93. The average Bonchev–Trinajstić information content (AvgIpc) is 2.41. The quantitative estimate of drug-likeness (QED) is 0.891. The molecule has 1 aliphatic heterocycles. The van der Waals surface area contributed by atoms with Gasteiger partial charge in [0.25, 0.3) is 0 Å². The van der Waals surface area contributed by atoms with Crippen LogP contribution < -0.4 is 5.32 Å². The van der Waals surface area contributed by atoms with E-state index in [0.29, 0.717) is 0 Å². The Kier molecular flexibility index (Phi) is 5.79. The highest BCUT2D eigenvalue weighted by Gasteiger charge is 2.19. The normalized spacial score (nSPS) is 17.8. The summed E-state index contributed by atoms with van der Waals surface area (Å²) >= 11 is 3.29. The number of rotatable bonds is 5. The highest BCUT2D eigenvalue weighted by Crippen LogP contribution is 2.23. The number of likely N-dealkylation sites (tertiary alicyclic amines) is 1. The molecule has 2 nitrogen and oxygen atoms in total. The Morgan fingerprint density at radius 1 is 1.37 bits per heavy atom. The van der Waals surface area contributed by atoms with E-state index in [0.717, 1.165) is 42.1 Å². The van der Waals surface area contributed by atoms with Gasteiger partial charge in [0, 0.05) is 16.6 Å². The van der Waals surface area contributed by atoms with Crippen LogP contribution in [0, 0.1) is 11.7 Å². The van der Waals surface area contributed by atoms with Crippen LogP contribution in [-0.4, -0.2) is 31.6 Å². The fourth-order valence-electron chi connectivity index (χ4n) is 2.67. The molecule has 2 rings (SSSR count). The number of hydrogen-bond donors (Lipinski definition) is 1. The maximum atomic E-state index is 13.8. The van der Waals surface area contributed by atoms with Crippen LogP contribution in [0.25, 0.3) is 0 Å². The molecule has 0 saturated carbocycles. The first kappa shape index (κ1) is 14.9. The van der Waals surface area contributed by atoms with Crippen LogP contribution in [0.15, 0.2) is 22.7 Å². The van der Waals surface area contributed by atoms with E-state index in [1.165, 1.54) is 19.3 Å². The van der Waals surface area contributed by atoms with Crippen molar-refractivity contribution in [3.05, 3.63) is 34.1 Å². The highest BCUT2D eigenvalue weighted by molar-refractivity contribution is 9.10. The Bertz CT molecular complexity index is 403. The number of hydrogen-bond acceptors (Lipinski definition) is 2. The molecule has 1 aromatic rings. The van der Waals surface area contributed by atoms with Crippen molar-refractivity contribution >= 4 is 15.9 Å². The van der Waals surface area contributed by atoms with Crippen molar-refractivity contribution < 1.29 is 4.39 Å². The third-order valence-corrected chi connectivity index (χ3v) is 4.41. The number of halogens is 2. The van der Waals surface area contributed by atoms with Gasteiger partial charge in [0.15, 0.2) is 0 Å². The lowest BCUT2D eigenvalue weighted by molar-refractivity contribution is 0.171. The van der Waals surface area contributed by atoms with Gasteiger partial charge in [-0.05, 0) is 64.0 Å². The predicted molar refractivity (Wildman–Crippen MR) is 80.6 cm³/mol. The van der Waals surface area contributed by atoms with Gasteiger partial charge >= 0.3 is 0 Å². The Hall–Kier alpha value is -0.450. The predicted octanol–water partition coefficient (Wildman–Crippen LogP) is 3.41. The highest BCUT2D eigenvalue weighted by atomic mass is 79.9. The van der Waals surface area contributed by atoms with E-state index in [9.17, 15) is 4.39 Å². The van der Waals surface area contributed by atoms with Gasteiger partial charge in [-0.2, -0.15) is 0 Å². The first-order chi connectivity index (χ1) is 9.19. The van der Waals surface area contributed by atoms with E-state index in [1.807, 2.05) is 19.2 Å². The molecule has 1 fully saturated rings. The summed E-state index contributed by atoms with van der Waals surface area (Å²) in [6.45, 7) is 4.01. The Labute approximate surface area is 123 Å². The topological polar surface area (TPSA) is 15.3 Å². The van der Waals surface area contributed by atoms with Gasteiger partial charge in [0.05, 0.1) is 0 Å². The molecular formula is C15H22BrFN2. The smallest absolute Gasteiger partial charge is 0.128 e. The zero-order valence-electron chi connectivity index (χ0n) is 11.5. The summed E-state index contributed by atoms with van der Waals surface area (Å²) in [6, 6.07) is 5.35. The number of nitrogens with one attached hydrogen (secondary N) is 1. The van der Waals surface area contributed by atoms with Crippen molar-refractivity contribution in [2.75, 3.05) is 26.7 Å². The largest absolute Gasteiger partial charge is 0.320 e. The molecule has 0 spiro atoms. The van der Waals surface area contributed by atoms with Gasteiger partial charge in [-0.25, -0.2) is 4.39 Å². The molecule has 0 amide bonds. The molecule has 1 aliphatic rings. The summed E-state index contributed by atoms with van der Waals surface area (Å²) in [6.07, 6.45) is 3.73. The maximum Gasteiger partial charge on any atom is 0.128 e. The molecule has 1 N–H and O–H groups in total. The summed E-state index contributed by atoms with van der Waals surface area (Å²) < 4.78 is 14.6. The van der Waals surface area contributed by atoms with Gasteiger partial charge in [0.2, 0.25) is 0 Å². The first-order valence-electron chi connectivity index (χ1n) is 7.00. The van der Waals surface area contributed by atoms with Crippen LogP contribution in [0.2, 0.25) is 0 Å². The van der Waals surface area contributed by atoms with Crippen molar-refractivity contribution in [1.82, 2.24) is 10.2 Å². The molecule has 1 aromatic carbocycles. The molecule has 0 atom stereocenters. The van der Waals surface area contributed by atoms with Crippen LogP contribution >= 0.6 is 15.9 Å². The Morgan fingerprint density at radius 3 is 2.74 bits per heavy atom. The van der Waals surface area contributed by atoms with E-state index in [4.69, 9.17) is 0 Å². The Morgan fingerprint density at radius 2 is 2.11 bits per heavy atom. The van der Waals surface area contributed by atoms with Gasteiger partial charge in [-0.15, -0.1) is 0 Å². The van der Waals surface area contributed by atoms with Gasteiger partial charge < -0.3 is 5.32 Å². The van der Waals surface area contributed by atoms with Gasteiger partial charge in [-0.3, -0.25) is 4.90 Å². The molecule has 0 radical (unpaired) electrons. The fourth-order valence-corrected chi connectivity index (χ4v) is 3.01. The molecule has 1 heterocycles. The van der Waals surface area contributed by atoms with Crippen LogP contribution in [0.5, 0.6) is 0 Å². The third kappa shape index (κ3) is 4.55. The second kappa shape index (κ2) is 7.36. The zero-order chi connectivity index (χ0) is 13.7. The second-order valence-corrected chi connectivity index (χ2v) is 6.26. The first-order valence-corrected chi connectivity index (χ1v) is 7.79. The standard InChI is InChI=1S/C15H22BrFN2/c1-18-7-4-12-5-8-19(9-6-12)11-13-2-3-14(16)10-15(13)17/h2-3,10,12,18H,4-9,11H2,1H3. The van der Waals surface area contributed by atoms with Gasteiger partial charge in [-0.1, -0.05) is 22.0 Å². The molecular weight excluding hydrogens is 307 g/mol. The second-order valence-electron chi connectivity index (χ2n) is 5.35. The summed E-state index contributed by atoms with van der Waals surface area (Å²) in [4.78, 5) is 2.36.